The average molecular weight is 386 g/mol. The summed E-state index contributed by atoms with van der Waals surface area (Å²) < 4.78 is 43.4. The summed E-state index contributed by atoms with van der Waals surface area (Å²) in [6.07, 6.45) is 6.02. The summed E-state index contributed by atoms with van der Waals surface area (Å²) in [6.45, 7) is 2.51. The Bertz CT molecular complexity index is 629. The van der Waals surface area contributed by atoms with Gasteiger partial charge in [0.15, 0.2) is 0 Å². The van der Waals surface area contributed by atoms with Crippen LogP contribution >= 0.6 is 0 Å². The molecule has 1 aliphatic rings. The molecule has 2 rings (SSSR count). The van der Waals surface area contributed by atoms with E-state index in [2.05, 4.69) is 4.72 Å². The minimum Gasteiger partial charge on any atom is -0.490 e. The lowest BCUT2D eigenvalue weighted by Gasteiger charge is -2.19. The highest BCUT2D eigenvalue weighted by Crippen LogP contribution is 2.27. The fourth-order valence-electron chi connectivity index (χ4n) is 3.16. The number of benzene rings is 1. The van der Waals surface area contributed by atoms with E-state index in [1.807, 2.05) is 31.2 Å². The maximum Gasteiger partial charge on any atom is 0.212 e. The topological polar surface area (TPSA) is 73.9 Å². The maximum atomic E-state index is 12.3. The van der Waals surface area contributed by atoms with Crippen LogP contribution in [0, 0.1) is 0 Å². The summed E-state index contributed by atoms with van der Waals surface area (Å²) in [5.41, 5.74) is 0.933. The van der Waals surface area contributed by atoms with E-state index in [1.54, 1.807) is 0 Å². The molecule has 1 aliphatic carbocycles. The van der Waals surface area contributed by atoms with Gasteiger partial charge in [0.1, 0.15) is 12.5 Å². The molecule has 0 aromatic heterocycles. The van der Waals surface area contributed by atoms with Gasteiger partial charge in [0.25, 0.3) is 0 Å². The Morgan fingerprint density at radius 2 is 2.04 bits per heavy atom. The van der Waals surface area contributed by atoms with Gasteiger partial charge in [-0.25, -0.2) is 13.1 Å². The fourth-order valence-corrected chi connectivity index (χ4v) is 4.51. The van der Waals surface area contributed by atoms with E-state index in [0.29, 0.717) is 19.4 Å². The summed E-state index contributed by atoms with van der Waals surface area (Å²) >= 11 is 0. The van der Waals surface area contributed by atoms with Crippen molar-refractivity contribution in [3.8, 4) is 5.75 Å². The highest BCUT2D eigenvalue weighted by atomic mass is 32.2. The first-order valence-electron chi connectivity index (χ1n) is 9.37. The molecular formula is C19H31NO5S. The van der Waals surface area contributed by atoms with Crippen molar-refractivity contribution < 1.29 is 22.6 Å². The Balaban J connectivity index is 1.92. The van der Waals surface area contributed by atoms with Crippen molar-refractivity contribution in [3.63, 3.8) is 0 Å². The van der Waals surface area contributed by atoms with Gasteiger partial charge in [-0.1, -0.05) is 19.1 Å². The van der Waals surface area contributed by atoms with Crippen molar-refractivity contribution in [2.24, 2.45) is 0 Å². The predicted octanol–water partition coefficient (Wildman–Crippen LogP) is 3.39. The molecule has 1 saturated carbocycles. The Morgan fingerprint density at radius 3 is 2.73 bits per heavy atom. The summed E-state index contributed by atoms with van der Waals surface area (Å²) in [6, 6.07) is 7.51. The zero-order valence-electron chi connectivity index (χ0n) is 15.8. The maximum absolute atomic E-state index is 12.3. The number of rotatable bonds is 12. The second kappa shape index (κ2) is 10.9. The minimum atomic E-state index is -3.38. The van der Waals surface area contributed by atoms with Gasteiger partial charge in [0.05, 0.1) is 18.5 Å². The third-order valence-corrected chi connectivity index (χ3v) is 5.97. The molecule has 6 nitrogen and oxygen atoms in total. The number of ether oxygens (including phenoxy) is 3. The van der Waals surface area contributed by atoms with Crippen LogP contribution in [0.4, 0.5) is 0 Å². The molecule has 1 fully saturated rings. The zero-order valence-corrected chi connectivity index (χ0v) is 16.6. The van der Waals surface area contributed by atoms with Crippen molar-refractivity contribution in [1.29, 1.82) is 0 Å². The molecule has 0 saturated heterocycles. The summed E-state index contributed by atoms with van der Waals surface area (Å²) in [7, 11) is -1.84. The zero-order chi connectivity index (χ0) is 18.8. The molecule has 0 aliphatic heterocycles. The second-order valence-electron chi connectivity index (χ2n) is 6.66. The lowest BCUT2D eigenvalue weighted by Crippen LogP contribution is -2.31. The van der Waals surface area contributed by atoms with Crippen molar-refractivity contribution in [1.82, 2.24) is 4.72 Å². The van der Waals surface area contributed by atoms with Crippen LogP contribution in [0.1, 0.15) is 57.1 Å². The van der Waals surface area contributed by atoms with E-state index in [-0.39, 0.29) is 24.7 Å². The van der Waals surface area contributed by atoms with Crippen LogP contribution in [0.2, 0.25) is 0 Å². The summed E-state index contributed by atoms with van der Waals surface area (Å²) in [5, 5.41) is 0. The highest BCUT2D eigenvalue weighted by molar-refractivity contribution is 7.89. The van der Waals surface area contributed by atoms with Gasteiger partial charge in [-0.05, 0) is 56.2 Å². The van der Waals surface area contributed by atoms with Gasteiger partial charge in [-0.3, -0.25) is 0 Å². The number of hydrogen-bond donors (Lipinski definition) is 1. The van der Waals surface area contributed by atoms with Crippen molar-refractivity contribution in [2.45, 2.75) is 57.6 Å². The molecule has 1 aromatic carbocycles. The molecule has 1 atom stereocenters. The number of hydrogen-bond acceptors (Lipinski definition) is 5. The molecule has 0 heterocycles. The molecule has 1 N–H and O–H groups in total. The Hall–Kier alpha value is -1.15. The Morgan fingerprint density at radius 1 is 1.27 bits per heavy atom. The van der Waals surface area contributed by atoms with Gasteiger partial charge in [0, 0.05) is 13.2 Å². The molecule has 1 aromatic rings. The molecule has 0 spiro atoms. The molecule has 0 radical (unpaired) electrons. The number of sulfonamides is 1. The Kier molecular flexibility index (Phi) is 8.84. The second-order valence-corrected chi connectivity index (χ2v) is 8.54. The van der Waals surface area contributed by atoms with E-state index in [4.69, 9.17) is 14.2 Å². The predicted molar refractivity (Wildman–Crippen MR) is 102 cm³/mol. The van der Waals surface area contributed by atoms with Gasteiger partial charge < -0.3 is 14.2 Å². The molecular weight excluding hydrogens is 354 g/mol. The first kappa shape index (κ1) is 21.2. The van der Waals surface area contributed by atoms with Gasteiger partial charge in [0.2, 0.25) is 10.0 Å². The average Bonchev–Trinajstić information content (AvgIpc) is 3.13. The first-order chi connectivity index (χ1) is 12.5. The van der Waals surface area contributed by atoms with Crippen LogP contribution in [0.3, 0.4) is 0 Å². The van der Waals surface area contributed by atoms with E-state index < -0.39 is 10.0 Å². The molecule has 26 heavy (non-hydrogen) atoms. The van der Waals surface area contributed by atoms with E-state index in [0.717, 1.165) is 24.2 Å². The van der Waals surface area contributed by atoms with Gasteiger partial charge in [-0.15, -0.1) is 0 Å². The molecule has 0 amide bonds. The minimum absolute atomic E-state index is 0.0332. The molecule has 148 valence electrons. The van der Waals surface area contributed by atoms with Crippen molar-refractivity contribution >= 4 is 10.0 Å². The summed E-state index contributed by atoms with van der Waals surface area (Å²) in [5.74, 6) is 0.853. The fraction of sp³-hybridized carbons (Fsp3) is 0.684. The lowest BCUT2D eigenvalue weighted by molar-refractivity contribution is -0.0298. The van der Waals surface area contributed by atoms with E-state index >= 15 is 0 Å². The van der Waals surface area contributed by atoms with Gasteiger partial charge >= 0.3 is 0 Å². The normalized spacial score (nSPS) is 16.7. The third kappa shape index (κ3) is 7.23. The smallest absolute Gasteiger partial charge is 0.212 e. The summed E-state index contributed by atoms with van der Waals surface area (Å²) in [4.78, 5) is 0. The van der Waals surface area contributed by atoms with Crippen LogP contribution in [0.5, 0.6) is 5.75 Å². The standard InChI is InChI=1S/C19H31NO5S/c1-3-19(20-26(21,22)13-7-12-24-15-23-2)16-8-6-11-18(14-16)25-17-9-4-5-10-17/h6,8,11,14,17,19-20H,3-5,7,9-10,12-13,15H2,1-2H3/t19-/m1/s1. The largest absolute Gasteiger partial charge is 0.490 e. The van der Waals surface area contributed by atoms with Crippen LogP contribution in [0.15, 0.2) is 24.3 Å². The third-order valence-electron chi connectivity index (χ3n) is 4.50. The molecule has 0 bridgehead atoms. The molecule has 7 heteroatoms. The SMILES string of the molecule is CC[C@@H](NS(=O)(=O)CCCOCOC)c1cccc(OC2CCCC2)c1. The highest BCUT2D eigenvalue weighted by Gasteiger charge is 2.20. The first-order valence-corrected chi connectivity index (χ1v) is 11.0. The van der Waals surface area contributed by atoms with Crippen LogP contribution < -0.4 is 9.46 Å². The number of nitrogens with one attached hydrogen (secondary N) is 1. The Labute approximate surface area is 157 Å². The quantitative estimate of drug-likeness (QED) is 0.441. The number of methoxy groups -OCH3 is 1. The van der Waals surface area contributed by atoms with Gasteiger partial charge in [-0.2, -0.15) is 0 Å². The van der Waals surface area contributed by atoms with E-state index in [1.165, 1.54) is 20.0 Å². The molecule has 0 unspecified atom stereocenters. The van der Waals surface area contributed by atoms with Crippen LogP contribution in [-0.2, 0) is 19.5 Å². The van der Waals surface area contributed by atoms with Crippen molar-refractivity contribution in [3.05, 3.63) is 29.8 Å². The van der Waals surface area contributed by atoms with Crippen LogP contribution in [0.25, 0.3) is 0 Å². The van der Waals surface area contributed by atoms with Crippen molar-refractivity contribution in [2.75, 3.05) is 26.3 Å². The lowest BCUT2D eigenvalue weighted by atomic mass is 10.1. The monoisotopic (exact) mass is 385 g/mol. The van der Waals surface area contributed by atoms with Crippen LogP contribution in [-0.4, -0.2) is 40.8 Å². The van der Waals surface area contributed by atoms with E-state index in [9.17, 15) is 8.42 Å².